The molecule has 1 aliphatic rings. The van der Waals surface area contributed by atoms with Crippen LogP contribution >= 0.6 is 11.6 Å². The van der Waals surface area contributed by atoms with E-state index in [0.717, 1.165) is 17.7 Å². The summed E-state index contributed by atoms with van der Waals surface area (Å²) in [7, 11) is 0. The normalized spacial score (nSPS) is 23.7. The van der Waals surface area contributed by atoms with Gasteiger partial charge in [0.15, 0.2) is 0 Å². The fourth-order valence-electron chi connectivity index (χ4n) is 2.15. The molecule has 0 aromatic carbocycles. The van der Waals surface area contributed by atoms with Gasteiger partial charge in [0.25, 0.3) is 0 Å². The molecule has 98 valence electrons. The average Bonchev–Trinajstić information content (AvgIpc) is 2.33. The van der Waals surface area contributed by atoms with Crippen LogP contribution in [0.2, 0.25) is 5.15 Å². The van der Waals surface area contributed by atoms with Crippen LogP contribution in [0.3, 0.4) is 0 Å². The molecule has 1 aromatic rings. The van der Waals surface area contributed by atoms with Crippen molar-refractivity contribution in [1.29, 1.82) is 0 Å². The summed E-state index contributed by atoms with van der Waals surface area (Å²) in [5, 5.41) is 3.36. The quantitative estimate of drug-likeness (QED) is 0.839. The molecule has 1 saturated heterocycles. The van der Waals surface area contributed by atoms with Gasteiger partial charge in [0.2, 0.25) is 5.91 Å². The number of nitrogens with one attached hydrogen (secondary N) is 1. The summed E-state index contributed by atoms with van der Waals surface area (Å²) in [6, 6.07) is 1.74. The maximum absolute atomic E-state index is 12.2. The molecule has 2 rings (SSSR count). The van der Waals surface area contributed by atoms with E-state index in [9.17, 15) is 4.79 Å². The summed E-state index contributed by atoms with van der Waals surface area (Å²) < 4.78 is 5.34. The molecular weight excluding hydrogens is 252 g/mol. The number of hydrogen-bond donors (Lipinski definition) is 1. The Bertz CT molecular complexity index is 451. The van der Waals surface area contributed by atoms with Gasteiger partial charge in [-0.2, -0.15) is 0 Å². The highest BCUT2D eigenvalue weighted by Crippen LogP contribution is 2.24. The number of carbonyl (C=O) groups is 1. The van der Waals surface area contributed by atoms with E-state index in [0.29, 0.717) is 18.4 Å². The second kappa shape index (κ2) is 5.67. The van der Waals surface area contributed by atoms with Gasteiger partial charge >= 0.3 is 0 Å². The monoisotopic (exact) mass is 268 g/mol. The van der Waals surface area contributed by atoms with E-state index < -0.39 is 0 Å². The molecule has 0 spiro atoms. The van der Waals surface area contributed by atoms with Gasteiger partial charge < -0.3 is 10.1 Å². The number of aromatic nitrogens is 1. The second-order valence-corrected chi connectivity index (χ2v) is 5.15. The van der Waals surface area contributed by atoms with Gasteiger partial charge in [0.05, 0.1) is 11.9 Å². The largest absolute Gasteiger partial charge is 0.381 e. The van der Waals surface area contributed by atoms with Crippen LogP contribution in [0.1, 0.15) is 18.9 Å². The summed E-state index contributed by atoms with van der Waals surface area (Å²) in [6.45, 7) is 5.24. The van der Waals surface area contributed by atoms with E-state index in [4.69, 9.17) is 16.3 Å². The molecule has 0 bridgehead atoms. The van der Waals surface area contributed by atoms with Crippen molar-refractivity contribution < 1.29 is 9.53 Å². The van der Waals surface area contributed by atoms with E-state index >= 15 is 0 Å². The van der Waals surface area contributed by atoms with E-state index in [2.05, 4.69) is 10.3 Å². The molecule has 1 aliphatic heterocycles. The fraction of sp³-hybridized carbons (Fsp3) is 0.538. The van der Waals surface area contributed by atoms with Crippen molar-refractivity contribution in [2.45, 2.75) is 20.3 Å². The highest BCUT2D eigenvalue weighted by atomic mass is 35.5. The molecule has 4 nitrogen and oxygen atoms in total. The minimum absolute atomic E-state index is 0.00817. The Morgan fingerprint density at radius 3 is 3.06 bits per heavy atom. The summed E-state index contributed by atoms with van der Waals surface area (Å²) >= 11 is 5.79. The number of nitrogens with zero attached hydrogens (tertiary/aromatic N) is 1. The maximum Gasteiger partial charge on any atom is 0.227 e. The third-order valence-electron chi connectivity index (χ3n) is 3.31. The number of carbonyl (C=O) groups excluding carboxylic acids is 1. The SMILES string of the molecule is Cc1cc(Cl)ncc1NC(=O)C1CCOCC1C. The molecule has 2 heterocycles. The lowest BCUT2D eigenvalue weighted by molar-refractivity contribution is -0.125. The molecule has 0 saturated carbocycles. The van der Waals surface area contributed by atoms with Gasteiger partial charge in [-0.1, -0.05) is 18.5 Å². The van der Waals surface area contributed by atoms with Crippen LogP contribution in [0.15, 0.2) is 12.3 Å². The summed E-state index contributed by atoms with van der Waals surface area (Å²) in [6.07, 6.45) is 2.37. The minimum atomic E-state index is 0.00817. The van der Waals surface area contributed by atoms with Gasteiger partial charge in [0.1, 0.15) is 5.15 Å². The van der Waals surface area contributed by atoms with E-state index in [-0.39, 0.29) is 17.7 Å². The predicted octanol–water partition coefficient (Wildman–Crippen LogP) is 2.65. The second-order valence-electron chi connectivity index (χ2n) is 4.76. The molecule has 2 atom stereocenters. The molecule has 18 heavy (non-hydrogen) atoms. The van der Waals surface area contributed by atoms with Crippen LogP contribution in [0, 0.1) is 18.8 Å². The van der Waals surface area contributed by atoms with Crippen molar-refractivity contribution in [3.8, 4) is 0 Å². The number of ether oxygens (including phenoxy) is 1. The van der Waals surface area contributed by atoms with E-state index in [1.54, 1.807) is 12.3 Å². The molecule has 1 aromatic heterocycles. The van der Waals surface area contributed by atoms with Crippen LogP contribution in [-0.2, 0) is 9.53 Å². The average molecular weight is 269 g/mol. The first-order chi connectivity index (χ1) is 8.58. The number of rotatable bonds is 2. The lowest BCUT2D eigenvalue weighted by Gasteiger charge is -2.27. The van der Waals surface area contributed by atoms with Crippen molar-refractivity contribution in [1.82, 2.24) is 4.98 Å². The minimum Gasteiger partial charge on any atom is -0.381 e. The van der Waals surface area contributed by atoms with Crippen molar-refractivity contribution in [2.24, 2.45) is 11.8 Å². The standard InChI is InChI=1S/C13H17ClN2O2/c1-8-5-12(14)15-6-11(8)16-13(17)10-3-4-18-7-9(10)2/h5-6,9-10H,3-4,7H2,1-2H3,(H,16,17). The first-order valence-corrected chi connectivity index (χ1v) is 6.46. The van der Waals surface area contributed by atoms with E-state index in [1.165, 1.54) is 0 Å². The molecule has 2 unspecified atom stereocenters. The van der Waals surface area contributed by atoms with Crippen molar-refractivity contribution >= 4 is 23.2 Å². The van der Waals surface area contributed by atoms with Gasteiger partial charge in [0, 0.05) is 19.1 Å². The van der Waals surface area contributed by atoms with Gasteiger partial charge in [-0.3, -0.25) is 4.79 Å². The fourth-order valence-corrected chi connectivity index (χ4v) is 2.36. The molecule has 1 amide bonds. The van der Waals surface area contributed by atoms with Crippen molar-refractivity contribution in [3.05, 3.63) is 23.0 Å². The zero-order valence-corrected chi connectivity index (χ0v) is 11.3. The lowest BCUT2D eigenvalue weighted by Crippen LogP contribution is -2.35. The highest BCUT2D eigenvalue weighted by Gasteiger charge is 2.28. The molecule has 1 fully saturated rings. The highest BCUT2D eigenvalue weighted by molar-refractivity contribution is 6.29. The van der Waals surface area contributed by atoms with Crippen molar-refractivity contribution in [2.75, 3.05) is 18.5 Å². The number of anilines is 1. The van der Waals surface area contributed by atoms with Gasteiger partial charge in [-0.25, -0.2) is 4.98 Å². The third kappa shape index (κ3) is 3.00. The number of amides is 1. The molecule has 0 aliphatic carbocycles. The van der Waals surface area contributed by atoms with Crippen LogP contribution < -0.4 is 5.32 Å². The molecule has 0 radical (unpaired) electrons. The van der Waals surface area contributed by atoms with Gasteiger partial charge in [-0.05, 0) is 30.9 Å². The number of hydrogen-bond acceptors (Lipinski definition) is 3. The Kier molecular flexibility index (Phi) is 4.19. The Morgan fingerprint density at radius 1 is 1.61 bits per heavy atom. The molecular formula is C13H17ClN2O2. The molecule has 5 heteroatoms. The summed E-state index contributed by atoms with van der Waals surface area (Å²) in [4.78, 5) is 16.2. The van der Waals surface area contributed by atoms with Gasteiger partial charge in [-0.15, -0.1) is 0 Å². The number of aryl methyl sites for hydroxylation is 1. The Morgan fingerprint density at radius 2 is 2.39 bits per heavy atom. The Balaban J connectivity index is 2.06. The Labute approximate surface area is 112 Å². The molecule has 1 N–H and O–H groups in total. The first kappa shape index (κ1) is 13.3. The maximum atomic E-state index is 12.2. The van der Waals surface area contributed by atoms with Crippen molar-refractivity contribution in [3.63, 3.8) is 0 Å². The smallest absolute Gasteiger partial charge is 0.227 e. The number of halogens is 1. The number of pyridine rings is 1. The topological polar surface area (TPSA) is 51.2 Å². The van der Waals surface area contributed by atoms with Crippen LogP contribution in [0.4, 0.5) is 5.69 Å². The Hall–Kier alpha value is -1.13. The first-order valence-electron chi connectivity index (χ1n) is 6.08. The zero-order valence-electron chi connectivity index (χ0n) is 10.6. The van der Waals surface area contributed by atoms with Crippen LogP contribution in [-0.4, -0.2) is 24.1 Å². The predicted molar refractivity (Wildman–Crippen MR) is 70.7 cm³/mol. The lowest BCUT2D eigenvalue weighted by atomic mass is 9.89. The third-order valence-corrected chi connectivity index (χ3v) is 3.52. The van der Waals surface area contributed by atoms with Crippen LogP contribution in [0.25, 0.3) is 0 Å². The zero-order chi connectivity index (χ0) is 13.1. The summed E-state index contributed by atoms with van der Waals surface area (Å²) in [5.74, 6) is 0.297. The van der Waals surface area contributed by atoms with Crippen LogP contribution in [0.5, 0.6) is 0 Å². The summed E-state index contributed by atoms with van der Waals surface area (Å²) in [5.41, 5.74) is 1.64. The van der Waals surface area contributed by atoms with E-state index in [1.807, 2.05) is 13.8 Å².